The molecular formula is C40H49N7O12. The average molecular weight is 820 g/mol. The Hall–Kier alpha value is -7.05. The number of ether oxygens (including phenoxy) is 3. The highest BCUT2D eigenvalue weighted by Crippen LogP contribution is 2.19. The Morgan fingerprint density at radius 1 is 0.763 bits per heavy atom. The molecule has 19 nitrogen and oxygen atoms in total. The fourth-order valence-electron chi connectivity index (χ4n) is 5.38. The van der Waals surface area contributed by atoms with Crippen molar-refractivity contribution in [1.29, 1.82) is 0 Å². The van der Waals surface area contributed by atoms with E-state index in [4.69, 9.17) is 19.9 Å². The molecule has 59 heavy (non-hydrogen) atoms. The molecule has 0 aliphatic rings. The van der Waals surface area contributed by atoms with Crippen LogP contribution < -0.4 is 37.1 Å². The van der Waals surface area contributed by atoms with Gasteiger partial charge in [-0.25, -0.2) is 9.59 Å². The van der Waals surface area contributed by atoms with Gasteiger partial charge in [0.1, 0.15) is 36.1 Å². The summed E-state index contributed by atoms with van der Waals surface area (Å²) in [6.07, 6.45) is -1.10. The number of primary amides is 1. The molecule has 0 radical (unpaired) electrons. The first kappa shape index (κ1) is 46.3. The normalized spacial score (nSPS) is 12.3. The van der Waals surface area contributed by atoms with Crippen LogP contribution >= 0.6 is 0 Å². The minimum Gasteiger partial charge on any atom is -0.460 e. The zero-order chi connectivity index (χ0) is 43.5. The SMILES string of the molecule is CC(=O)N[C@@H](CCC(=O)OC(C)(C)C)C(=O)N[C@@H](Cc1ccccc1)C(=O)N[C@@H](CCCNC(N)=O)C(=O)Nc1ccc(COC(=O)Oc2ccc([N+](=O)[O-])cc2)cc1. The molecule has 3 atom stereocenters. The number of hydrogen-bond acceptors (Lipinski definition) is 12. The van der Waals surface area contributed by atoms with E-state index in [0.29, 0.717) is 16.8 Å². The molecule has 0 heterocycles. The molecule has 0 aliphatic carbocycles. The van der Waals surface area contributed by atoms with Crippen LogP contribution in [0.2, 0.25) is 0 Å². The lowest BCUT2D eigenvalue weighted by atomic mass is 10.0. The molecule has 0 bridgehead atoms. The molecule has 0 aromatic heterocycles. The van der Waals surface area contributed by atoms with E-state index in [1.54, 1.807) is 63.2 Å². The van der Waals surface area contributed by atoms with Gasteiger partial charge in [-0.3, -0.25) is 34.1 Å². The van der Waals surface area contributed by atoms with Crippen LogP contribution in [-0.4, -0.2) is 77.0 Å². The number of amides is 6. The molecule has 3 rings (SSSR count). The third kappa shape index (κ3) is 17.7. The molecule has 0 fully saturated rings. The Labute approximate surface area is 340 Å². The summed E-state index contributed by atoms with van der Waals surface area (Å²) < 4.78 is 15.5. The van der Waals surface area contributed by atoms with Crippen molar-refractivity contribution in [2.75, 3.05) is 11.9 Å². The predicted molar refractivity (Wildman–Crippen MR) is 212 cm³/mol. The van der Waals surface area contributed by atoms with Crippen LogP contribution in [0.3, 0.4) is 0 Å². The molecule has 3 aromatic carbocycles. The fourth-order valence-corrected chi connectivity index (χ4v) is 5.38. The van der Waals surface area contributed by atoms with Crippen molar-refractivity contribution in [2.24, 2.45) is 5.73 Å². The second-order valence-electron chi connectivity index (χ2n) is 14.2. The fraction of sp³-hybridized carbons (Fsp3) is 0.375. The van der Waals surface area contributed by atoms with Gasteiger partial charge in [-0.05, 0) is 75.4 Å². The van der Waals surface area contributed by atoms with Crippen molar-refractivity contribution in [3.8, 4) is 5.75 Å². The molecule has 19 heteroatoms. The highest BCUT2D eigenvalue weighted by atomic mass is 16.7. The number of nitrogens with one attached hydrogen (secondary N) is 5. The number of nitro groups is 1. The van der Waals surface area contributed by atoms with Gasteiger partial charge in [0.15, 0.2) is 0 Å². The zero-order valence-electron chi connectivity index (χ0n) is 33.1. The van der Waals surface area contributed by atoms with Crippen molar-refractivity contribution in [3.63, 3.8) is 0 Å². The number of nitro benzene ring substituents is 1. The van der Waals surface area contributed by atoms with Crippen LogP contribution in [0.5, 0.6) is 5.75 Å². The lowest BCUT2D eigenvalue weighted by molar-refractivity contribution is -0.384. The van der Waals surface area contributed by atoms with Crippen LogP contribution in [0.1, 0.15) is 64.5 Å². The molecule has 6 amide bonds. The maximum absolute atomic E-state index is 14.0. The van der Waals surface area contributed by atoms with Gasteiger partial charge in [0.05, 0.1) is 4.92 Å². The largest absolute Gasteiger partial charge is 0.514 e. The van der Waals surface area contributed by atoms with Crippen LogP contribution in [-0.2, 0) is 46.5 Å². The topological polar surface area (TPSA) is 276 Å². The van der Waals surface area contributed by atoms with Crippen molar-refractivity contribution >= 4 is 53.2 Å². The first-order chi connectivity index (χ1) is 27.9. The van der Waals surface area contributed by atoms with Gasteiger partial charge in [-0.1, -0.05) is 42.5 Å². The molecule has 0 saturated carbocycles. The van der Waals surface area contributed by atoms with Crippen molar-refractivity contribution in [3.05, 3.63) is 100 Å². The molecular weight excluding hydrogens is 770 g/mol. The summed E-state index contributed by atoms with van der Waals surface area (Å²) in [6, 6.07) is 15.4. The number of nitrogens with zero attached hydrogens (tertiary/aromatic N) is 1. The van der Waals surface area contributed by atoms with E-state index in [0.717, 1.165) is 0 Å². The number of urea groups is 1. The third-order valence-corrected chi connectivity index (χ3v) is 8.10. The van der Waals surface area contributed by atoms with Crippen LogP contribution in [0.4, 0.5) is 21.0 Å². The van der Waals surface area contributed by atoms with Gasteiger partial charge in [0.25, 0.3) is 5.69 Å². The molecule has 7 N–H and O–H groups in total. The predicted octanol–water partition coefficient (Wildman–Crippen LogP) is 3.54. The molecule has 0 unspecified atom stereocenters. The second-order valence-corrected chi connectivity index (χ2v) is 14.2. The monoisotopic (exact) mass is 819 g/mol. The van der Waals surface area contributed by atoms with E-state index in [2.05, 4.69) is 26.6 Å². The number of rotatable bonds is 20. The lowest BCUT2D eigenvalue weighted by Gasteiger charge is -2.26. The number of anilines is 1. The Balaban J connectivity index is 1.72. The Kier molecular flexibility index (Phi) is 17.8. The Morgan fingerprint density at radius 3 is 1.97 bits per heavy atom. The van der Waals surface area contributed by atoms with E-state index < -0.39 is 70.4 Å². The number of esters is 1. The van der Waals surface area contributed by atoms with E-state index >= 15 is 0 Å². The van der Waals surface area contributed by atoms with Gasteiger partial charge in [0, 0.05) is 44.1 Å². The van der Waals surface area contributed by atoms with Crippen molar-refractivity contribution in [1.82, 2.24) is 21.3 Å². The molecule has 0 saturated heterocycles. The number of nitrogens with two attached hydrogens (primary N) is 1. The maximum atomic E-state index is 14.0. The zero-order valence-corrected chi connectivity index (χ0v) is 33.1. The minimum atomic E-state index is -1.24. The van der Waals surface area contributed by atoms with Gasteiger partial charge in [-0.15, -0.1) is 0 Å². The Bertz CT molecular complexity index is 1940. The van der Waals surface area contributed by atoms with Gasteiger partial charge in [0.2, 0.25) is 23.6 Å². The quantitative estimate of drug-likeness (QED) is 0.0314. The summed E-state index contributed by atoms with van der Waals surface area (Å²) in [5, 5.41) is 23.9. The standard InChI is InChI=1S/C40H49N7O12/c1-25(48)43-32(20-21-34(49)59-40(2,3)4)36(51)46-33(23-26-9-6-5-7-10-26)37(52)45-31(11-8-22-42-38(41)53)35(50)44-28-14-12-27(13-15-28)24-57-39(54)58-30-18-16-29(17-19-30)47(55)56/h5-7,9-10,12-19,31-33H,8,11,20-24H2,1-4H3,(H,43,48)(H,44,50)(H,45,52)(H,46,51)(H3,41,42,53)/t31-,32-,33-/m0/s1. The number of carbonyl (C=O) groups is 7. The van der Waals surface area contributed by atoms with Gasteiger partial charge in [-0.2, -0.15) is 0 Å². The maximum Gasteiger partial charge on any atom is 0.514 e. The van der Waals surface area contributed by atoms with E-state index in [1.807, 2.05) is 0 Å². The summed E-state index contributed by atoms with van der Waals surface area (Å²) in [4.78, 5) is 99.3. The first-order valence-electron chi connectivity index (χ1n) is 18.5. The van der Waals surface area contributed by atoms with Crippen LogP contribution in [0, 0.1) is 10.1 Å². The molecule has 3 aromatic rings. The number of benzene rings is 3. The highest BCUT2D eigenvalue weighted by Gasteiger charge is 2.30. The number of carbonyl (C=O) groups excluding carboxylic acids is 7. The number of hydrogen-bond donors (Lipinski definition) is 6. The van der Waals surface area contributed by atoms with Crippen molar-refractivity contribution < 1.29 is 52.7 Å². The summed E-state index contributed by atoms with van der Waals surface area (Å²) in [6.45, 7) is 6.19. The van der Waals surface area contributed by atoms with Crippen LogP contribution in [0.25, 0.3) is 0 Å². The smallest absolute Gasteiger partial charge is 0.460 e. The summed E-state index contributed by atoms with van der Waals surface area (Å²) >= 11 is 0. The molecule has 0 aliphatic heterocycles. The second kappa shape index (κ2) is 22.6. The van der Waals surface area contributed by atoms with E-state index in [-0.39, 0.29) is 56.7 Å². The Morgan fingerprint density at radius 2 is 1.37 bits per heavy atom. The van der Waals surface area contributed by atoms with Gasteiger partial charge < -0.3 is 46.5 Å². The number of non-ortho nitro benzene ring substituents is 1. The summed E-state index contributed by atoms with van der Waals surface area (Å²) in [5.74, 6) is -3.18. The first-order valence-corrected chi connectivity index (χ1v) is 18.5. The highest BCUT2D eigenvalue weighted by molar-refractivity contribution is 5.99. The third-order valence-electron chi connectivity index (χ3n) is 8.10. The van der Waals surface area contributed by atoms with Crippen molar-refractivity contribution in [2.45, 2.75) is 90.1 Å². The average Bonchev–Trinajstić information content (AvgIpc) is 3.16. The minimum absolute atomic E-state index is 0.000205. The van der Waals surface area contributed by atoms with E-state index in [9.17, 15) is 43.7 Å². The summed E-state index contributed by atoms with van der Waals surface area (Å²) in [7, 11) is 0. The van der Waals surface area contributed by atoms with E-state index in [1.165, 1.54) is 43.3 Å². The van der Waals surface area contributed by atoms with Gasteiger partial charge >= 0.3 is 18.2 Å². The summed E-state index contributed by atoms with van der Waals surface area (Å²) in [5.41, 5.74) is 5.76. The van der Waals surface area contributed by atoms with Crippen LogP contribution in [0.15, 0.2) is 78.9 Å². The molecule has 316 valence electrons. The molecule has 0 spiro atoms. The lowest BCUT2D eigenvalue weighted by Crippen LogP contribution is -2.56.